The quantitative estimate of drug-likeness (QED) is 0.210. The molecule has 0 unspecified atom stereocenters. The molecule has 10 nitrogen and oxygen atoms in total. The van der Waals surface area contributed by atoms with Gasteiger partial charge in [-0.15, -0.1) is 5.10 Å². The van der Waals surface area contributed by atoms with Crippen molar-refractivity contribution in [2.45, 2.75) is 38.4 Å². The van der Waals surface area contributed by atoms with Crippen LogP contribution in [0.15, 0.2) is 72.8 Å². The van der Waals surface area contributed by atoms with Gasteiger partial charge in [-0.25, -0.2) is 4.79 Å². The fraction of sp³-hybridized carbons (Fsp3) is 0.233. The minimum atomic E-state index is -4.67. The standard InChI is InChI=1S/C30H28F3N7O3/c1-43-26-16-13-23(17-25(26)30(31,32)33)34-29(42)40(24-14-11-21(12-15-24)20-5-3-2-4-6-20)18-19-7-9-22(10-8-19)27(41)35-28-36-38-39-37-28/h5,7-17H,2-4,6,18H2,1H3,(H,34,42)(H2,35,36,37,38,39,41). The van der Waals surface area contributed by atoms with Crippen molar-refractivity contribution in [3.05, 3.63) is 95.1 Å². The topological polar surface area (TPSA) is 125 Å². The number of nitrogens with zero attached hydrogens (tertiary/aromatic N) is 4. The summed E-state index contributed by atoms with van der Waals surface area (Å²) >= 11 is 0. The number of carbonyl (C=O) groups is 2. The number of hydrogen-bond donors (Lipinski definition) is 3. The highest BCUT2D eigenvalue weighted by molar-refractivity contribution is 6.03. The van der Waals surface area contributed by atoms with Gasteiger partial charge in [-0.05, 0) is 90.1 Å². The minimum Gasteiger partial charge on any atom is -0.496 e. The number of alkyl halides is 3. The van der Waals surface area contributed by atoms with Crippen molar-refractivity contribution in [1.29, 1.82) is 0 Å². The number of benzene rings is 3. The summed E-state index contributed by atoms with van der Waals surface area (Å²) in [5.41, 5.74) is 2.82. The first-order chi connectivity index (χ1) is 20.7. The van der Waals surface area contributed by atoms with Crippen molar-refractivity contribution in [3.63, 3.8) is 0 Å². The highest BCUT2D eigenvalue weighted by Gasteiger charge is 2.35. The lowest BCUT2D eigenvalue weighted by atomic mass is 9.93. The smallest absolute Gasteiger partial charge is 0.420 e. The number of urea groups is 1. The molecular formula is C30H28F3N7O3. The number of nitrogens with one attached hydrogen (secondary N) is 3. The maximum absolute atomic E-state index is 13.6. The molecule has 0 atom stereocenters. The zero-order chi connectivity index (χ0) is 30.4. The number of carbonyl (C=O) groups excluding carboxylic acids is 2. The number of methoxy groups -OCH3 is 1. The minimum absolute atomic E-state index is 0.0246. The normalized spacial score (nSPS) is 13.2. The van der Waals surface area contributed by atoms with Crippen LogP contribution in [0, 0.1) is 0 Å². The summed E-state index contributed by atoms with van der Waals surface area (Å²) < 4.78 is 45.7. The molecule has 13 heteroatoms. The third-order valence-electron chi connectivity index (χ3n) is 6.97. The van der Waals surface area contributed by atoms with Crippen LogP contribution in [0.2, 0.25) is 0 Å². The van der Waals surface area contributed by atoms with Gasteiger partial charge in [0, 0.05) is 16.9 Å². The number of rotatable bonds is 8. The van der Waals surface area contributed by atoms with Crippen LogP contribution in [0.25, 0.3) is 5.57 Å². The number of ether oxygens (including phenoxy) is 1. The summed E-state index contributed by atoms with van der Waals surface area (Å²) in [6.07, 6.45) is 1.84. The van der Waals surface area contributed by atoms with E-state index in [9.17, 15) is 22.8 Å². The predicted molar refractivity (Wildman–Crippen MR) is 155 cm³/mol. The molecule has 1 aromatic heterocycles. The molecule has 3 N–H and O–H groups in total. The van der Waals surface area contributed by atoms with E-state index in [1.54, 1.807) is 24.3 Å². The van der Waals surface area contributed by atoms with E-state index < -0.39 is 23.7 Å². The monoisotopic (exact) mass is 591 g/mol. The molecule has 0 saturated carbocycles. The van der Waals surface area contributed by atoms with Crippen LogP contribution in [0.4, 0.5) is 35.3 Å². The zero-order valence-corrected chi connectivity index (χ0v) is 23.1. The SMILES string of the molecule is COc1ccc(NC(=O)N(Cc2ccc(C(=O)Nc3nn[nH]n3)cc2)c2ccc(C3=CCCCC3)cc2)cc1C(F)(F)F. The highest BCUT2D eigenvalue weighted by Crippen LogP contribution is 2.38. The largest absolute Gasteiger partial charge is 0.496 e. The Hall–Kier alpha value is -5.20. The van der Waals surface area contributed by atoms with Gasteiger partial charge in [0.05, 0.1) is 19.2 Å². The number of hydrogen-bond acceptors (Lipinski definition) is 6. The van der Waals surface area contributed by atoms with E-state index in [0.717, 1.165) is 50.5 Å². The Kier molecular flexibility index (Phi) is 8.69. The maximum Gasteiger partial charge on any atom is 0.420 e. The Morgan fingerprint density at radius 1 is 1.00 bits per heavy atom. The molecule has 1 aliphatic rings. The van der Waals surface area contributed by atoms with Crippen molar-refractivity contribution in [1.82, 2.24) is 20.6 Å². The molecule has 0 aliphatic heterocycles. The van der Waals surface area contributed by atoms with E-state index >= 15 is 0 Å². The summed E-state index contributed by atoms with van der Waals surface area (Å²) in [5.74, 6) is -0.773. The predicted octanol–water partition coefficient (Wildman–Crippen LogP) is 6.68. The zero-order valence-electron chi connectivity index (χ0n) is 23.1. The lowest BCUT2D eigenvalue weighted by Gasteiger charge is -2.25. The summed E-state index contributed by atoms with van der Waals surface area (Å²) in [5, 5.41) is 18.1. The molecular weight excluding hydrogens is 563 g/mol. The van der Waals surface area contributed by atoms with Crippen molar-refractivity contribution >= 4 is 34.8 Å². The van der Waals surface area contributed by atoms with E-state index in [2.05, 4.69) is 37.3 Å². The molecule has 3 aromatic carbocycles. The first kappa shape index (κ1) is 29.3. The van der Waals surface area contributed by atoms with E-state index in [4.69, 9.17) is 4.74 Å². The molecule has 0 saturated heterocycles. The molecule has 4 aromatic rings. The Morgan fingerprint density at radius 2 is 1.77 bits per heavy atom. The molecule has 0 bridgehead atoms. The molecule has 1 aliphatic carbocycles. The summed E-state index contributed by atoms with van der Waals surface area (Å²) in [7, 11) is 1.15. The van der Waals surface area contributed by atoms with E-state index in [1.165, 1.54) is 16.5 Å². The van der Waals surface area contributed by atoms with Crippen LogP contribution in [0.1, 0.15) is 52.7 Å². The van der Waals surface area contributed by atoms with Crippen molar-refractivity contribution in [2.24, 2.45) is 0 Å². The lowest BCUT2D eigenvalue weighted by molar-refractivity contribution is -0.138. The molecule has 3 amide bonds. The number of amides is 3. The Bertz CT molecular complexity index is 1600. The third-order valence-corrected chi connectivity index (χ3v) is 6.97. The van der Waals surface area contributed by atoms with Crippen molar-refractivity contribution in [3.8, 4) is 5.75 Å². The van der Waals surface area contributed by atoms with E-state index in [1.807, 2.05) is 24.3 Å². The van der Waals surface area contributed by atoms with Gasteiger partial charge < -0.3 is 10.1 Å². The second kappa shape index (κ2) is 12.8. The van der Waals surface area contributed by atoms with Gasteiger partial charge in [-0.1, -0.05) is 35.4 Å². The molecule has 0 spiro atoms. The van der Waals surface area contributed by atoms with E-state index in [0.29, 0.717) is 16.8 Å². The van der Waals surface area contributed by atoms with Crippen LogP contribution in [0.5, 0.6) is 5.75 Å². The second-order valence-corrected chi connectivity index (χ2v) is 9.84. The summed E-state index contributed by atoms with van der Waals surface area (Å²) in [4.78, 5) is 27.5. The number of H-pyrrole nitrogens is 1. The number of anilines is 3. The Morgan fingerprint density at radius 3 is 2.40 bits per heavy atom. The van der Waals surface area contributed by atoms with Crippen LogP contribution in [0.3, 0.4) is 0 Å². The second-order valence-electron chi connectivity index (χ2n) is 9.84. The maximum atomic E-state index is 13.6. The first-order valence-electron chi connectivity index (χ1n) is 13.5. The van der Waals surface area contributed by atoms with Gasteiger partial charge in [0.25, 0.3) is 11.9 Å². The fourth-order valence-corrected chi connectivity index (χ4v) is 4.77. The fourth-order valence-electron chi connectivity index (χ4n) is 4.77. The molecule has 5 rings (SSSR count). The van der Waals surface area contributed by atoms with Crippen LogP contribution >= 0.6 is 0 Å². The summed E-state index contributed by atoms with van der Waals surface area (Å²) in [6.45, 7) is 0.0723. The number of allylic oxidation sites excluding steroid dienone is 2. The molecule has 222 valence electrons. The van der Waals surface area contributed by atoms with Gasteiger partial charge in [-0.3, -0.25) is 15.0 Å². The van der Waals surface area contributed by atoms with Gasteiger partial charge in [-0.2, -0.15) is 18.4 Å². The highest BCUT2D eigenvalue weighted by atomic mass is 19.4. The number of aromatic nitrogens is 4. The van der Waals surface area contributed by atoms with Gasteiger partial charge >= 0.3 is 12.2 Å². The number of tetrazole rings is 1. The lowest BCUT2D eigenvalue weighted by Crippen LogP contribution is -2.34. The van der Waals surface area contributed by atoms with Crippen LogP contribution < -0.4 is 20.3 Å². The molecule has 43 heavy (non-hydrogen) atoms. The molecule has 0 fully saturated rings. The van der Waals surface area contributed by atoms with Gasteiger partial charge in [0.15, 0.2) is 0 Å². The van der Waals surface area contributed by atoms with Gasteiger partial charge in [0.2, 0.25) is 0 Å². The Labute approximate surface area is 244 Å². The average Bonchev–Trinajstić information content (AvgIpc) is 3.53. The summed E-state index contributed by atoms with van der Waals surface area (Å²) in [6, 6.07) is 16.7. The first-order valence-corrected chi connectivity index (χ1v) is 13.5. The third kappa shape index (κ3) is 7.18. The van der Waals surface area contributed by atoms with E-state index in [-0.39, 0.29) is 23.9 Å². The Balaban J connectivity index is 1.40. The van der Waals surface area contributed by atoms with Crippen molar-refractivity contribution < 1.29 is 27.5 Å². The van der Waals surface area contributed by atoms with Crippen LogP contribution in [-0.2, 0) is 12.7 Å². The van der Waals surface area contributed by atoms with Gasteiger partial charge in [0.1, 0.15) is 5.75 Å². The number of aromatic amines is 1. The van der Waals surface area contributed by atoms with Crippen molar-refractivity contribution in [2.75, 3.05) is 22.6 Å². The number of halogens is 3. The molecule has 0 radical (unpaired) electrons. The molecule has 1 heterocycles. The van der Waals surface area contributed by atoms with Crippen LogP contribution in [-0.4, -0.2) is 39.7 Å². The average molecular weight is 592 g/mol.